The zero-order chi connectivity index (χ0) is 20.7. The Morgan fingerprint density at radius 2 is 1.89 bits per heavy atom. The molecule has 2 rings (SSSR count). The maximum Gasteiger partial charge on any atom is 0.251 e. The number of morpholine rings is 1. The summed E-state index contributed by atoms with van der Waals surface area (Å²) in [6.07, 6.45) is 3.04. The summed E-state index contributed by atoms with van der Waals surface area (Å²) in [7, 11) is -2.34. The molecule has 1 aromatic rings. The van der Waals surface area contributed by atoms with E-state index in [4.69, 9.17) is 9.47 Å². The standard InChI is InChI=1S/C20H32N2O5S/c1-15(2)6-5-7-16(3)21-20(23)17-8-9-18(26-4)19(14-17)28(24,25)22-10-12-27-13-11-22/h8-9,14-16H,5-7,10-13H2,1-4H3,(H,21,23). The van der Waals surface area contributed by atoms with E-state index in [1.807, 2.05) is 6.92 Å². The van der Waals surface area contributed by atoms with Crippen LogP contribution in [0, 0.1) is 5.92 Å². The van der Waals surface area contributed by atoms with Gasteiger partial charge in [0, 0.05) is 24.7 Å². The largest absolute Gasteiger partial charge is 0.495 e. The van der Waals surface area contributed by atoms with Crippen LogP contribution in [0.5, 0.6) is 5.75 Å². The number of ether oxygens (including phenoxy) is 2. The molecule has 0 aromatic heterocycles. The van der Waals surface area contributed by atoms with Crippen LogP contribution in [0.3, 0.4) is 0 Å². The van der Waals surface area contributed by atoms with Gasteiger partial charge in [-0.1, -0.05) is 26.7 Å². The Morgan fingerprint density at radius 1 is 1.21 bits per heavy atom. The molecule has 1 heterocycles. The van der Waals surface area contributed by atoms with Crippen LogP contribution in [0.1, 0.15) is 50.4 Å². The molecular weight excluding hydrogens is 380 g/mol. The number of benzene rings is 1. The molecule has 1 unspecified atom stereocenters. The molecule has 1 atom stereocenters. The van der Waals surface area contributed by atoms with Crippen molar-refractivity contribution in [1.29, 1.82) is 0 Å². The zero-order valence-electron chi connectivity index (χ0n) is 17.2. The van der Waals surface area contributed by atoms with E-state index in [2.05, 4.69) is 19.2 Å². The SMILES string of the molecule is COc1ccc(C(=O)NC(C)CCCC(C)C)cc1S(=O)(=O)N1CCOCC1. The molecular formula is C20H32N2O5S. The van der Waals surface area contributed by atoms with Crippen LogP contribution < -0.4 is 10.1 Å². The second kappa shape index (κ2) is 10.2. The molecule has 158 valence electrons. The van der Waals surface area contributed by atoms with Gasteiger partial charge in [0.05, 0.1) is 20.3 Å². The second-order valence-corrected chi connectivity index (χ2v) is 9.49. The van der Waals surface area contributed by atoms with Crippen molar-refractivity contribution in [2.24, 2.45) is 5.92 Å². The zero-order valence-corrected chi connectivity index (χ0v) is 18.0. The molecule has 1 saturated heterocycles. The van der Waals surface area contributed by atoms with E-state index >= 15 is 0 Å². The number of amides is 1. The maximum absolute atomic E-state index is 13.0. The van der Waals surface area contributed by atoms with Crippen LogP contribution in [-0.4, -0.2) is 58.1 Å². The van der Waals surface area contributed by atoms with Crippen LogP contribution >= 0.6 is 0 Å². The quantitative estimate of drug-likeness (QED) is 0.674. The molecule has 1 amide bonds. The second-order valence-electron chi connectivity index (χ2n) is 7.58. The number of hydrogen-bond donors (Lipinski definition) is 1. The lowest BCUT2D eigenvalue weighted by Gasteiger charge is -2.26. The third-order valence-electron chi connectivity index (χ3n) is 4.81. The van der Waals surface area contributed by atoms with Crippen LogP contribution in [0.15, 0.2) is 23.1 Å². The van der Waals surface area contributed by atoms with Crippen molar-refractivity contribution in [3.63, 3.8) is 0 Å². The molecule has 7 nitrogen and oxygen atoms in total. The van der Waals surface area contributed by atoms with Crippen molar-refractivity contribution in [1.82, 2.24) is 9.62 Å². The summed E-state index contributed by atoms with van der Waals surface area (Å²) >= 11 is 0. The smallest absolute Gasteiger partial charge is 0.251 e. The first-order valence-electron chi connectivity index (χ1n) is 9.82. The topological polar surface area (TPSA) is 84.9 Å². The van der Waals surface area contributed by atoms with E-state index in [0.29, 0.717) is 24.7 Å². The highest BCUT2D eigenvalue weighted by atomic mass is 32.2. The lowest BCUT2D eigenvalue weighted by Crippen LogP contribution is -2.40. The summed E-state index contributed by atoms with van der Waals surface area (Å²) in [5.74, 6) is 0.587. The summed E-state index contributed by atoms with van der Waals surface area (Å²) in [4.78, 5) is 12.6. The first-order chi connectivity index (χ1) is 13.3. The Bertz CT molecular complexity index is 758. The number of hydrogen-bond acceptors (Lipinski definition) is 5. The fourth-order valence-electron chi connectivity index (χ4n) is 3.16. The summed E-state index contributed by atoms with van der Waals surface area (Å²) in [5, 5.41) is 2.96. The van der Waals surface area contributed by atoms with Gasteiger partial charge in [0.25, 0.3) is 5.91 Å². The lowest BCUT2D eigenvalue weighted by molar-refractivity contribution is 0.0729. The van der Waals surface area contributed by atoms with Crippen LogP contribution in [0.2, 0.25) is 0 Å². The Hall–Kier alpha value is -1.64. The van der Waals surface area contributed by atoms with Crippen molar-refractivity contribution >= 4 is 15.9 Å². The van der Waals surface area contributed by atoms with Gasteiger partial charge in [0.15, 0.2) is 0 Å². The molecule has 28 heavy (non-hydrogen) atoms. The molecule has 0 saturated carbocycles. The van der Waals surface area contributed by atoms with Gasteiger partial charge in [0.2, 0.25) is 10.0 Å². The molecule has 0 aliphatic carbocycles. The van der Waals surface area contributed by atoms with Gasteiger partial charge in [0.1, 0.15) is 10.6 Å². The normalized spacial score (nSPS) is 16.8. The van der Waals surface area contributed by atoms with E-state index in [0.717, 1.165) is 19.3 Å². The highest BCUT2D eigenvalue weighted by molar-refractivity contribution is 7.89. The van der Waals surface area contributed by atoms with E-state index in [9.17, 15) is 13.2 Å². The van der Waals surface area contributed by atoms with Crippen molar-refractivity contribution in [3.8, 4) is 5.75 Å². The first kappa shape index (κ1) is 22.6. The van der Waals surface area contributed by atoms with Crippen LogP contribution in [-0.2, 0) is 14.8 Å². The van der Waals surface area contributed by atoms with Crippen molar-refractivity contribution in [2.45, 2.75) is 51.0 Å². The van der Waals surface area contributed by atoms with Crippen molar-refractivity contribution in [3.05, 3.63) is 23.8 Å². The van der Waals surface area contributed by atoms with Gasteiger partial charge in [-0.05, 0) is 37.5 Å². The molecule has 8 heteroatoms. The Morgan fingerprint density at radius 3 is 2.50 bits per heavy atom. The van der Waals surface area contributed by atoms with Gasteiger partial charge >= 0.3 is 0 Å². The monoisotopic (exact) mass is 412 g/mol. The number of methoxy groups -OCH3 is 1. The number of carbonyl (C=O) groups excluding carboxylic acids is 1. The van der Waals surface area contributed by atoms with Gasteiger partial charge in [-0.3, -0.25) is 4.79 Å². The molecule has 1 aliphatic heterocycles. The number of rotatable bonds is 9. The van der Waals surface area contributed by atoms with Gasteiger partial charge < -0.3 is 14.8 Å². The van der Waals surface area contributed by atoms with Crippen LogP contribution in [0.25, 0.3) is 0 Å². The van der Waals surface area contributed by atoms with Crippen molar-refractivity contribution in [2.75, 3.05) is 33.4 Å². The van der Waals surface area contributed by atoms with E-state index in [1.165, 1.54) is 23.5 Å². The summed E-state index contributed by atoms with van der Waals surface area (Å²) in [6, 6.07) is 4.55. The minimum Gasteiger partial charge on any atom is -0.495 e. The number of nitrogens with one attached hydrogen (secondary N) is 1. The van der Waals surface area contributed by atoms with Gasteiger partial charge in [-0.2, -0.15) is 4.31 Å². The average molecular weight is 413 g/mol. The Labute approximate surface area is 168 Å². The van der Waals surface area contributed by atoms with Gasteiger partial charge in [-0.15, -0.1) is 0 Å². The Balaban J connectivity index is 2.16. The highest BCUT2D eigenvalue weighted by Gasteiger charge is 2.30. The predicted octanol–water partition coefficient (Wildman–Crippen LogP) is 2.66. The number of nitrogens with zero attached hydrogens (tertiary/aromatic N) is 1. The van der Waals surface area contributed by atoms with E-state index in [1.54, 1.807) is 6.07 Å². The molecule has 0 radical (unpaired) electrons. The average Bonchev–Trinajstić information content (AvgIpc) is 2.67. The molecule has 1 aliphatic rings. The molecule has 0 spiro atoms. The maximum atomic E-state index is 13.0. The fraction of sp³-hybridized carbons (Fsp3) is 0.650. The Kier molecular flexibility index (Phi) is 8.27. The number of carbonyl (C=O) groups is 1. The minimum absolute atomic E-state index is 0.0111. The third kappa shape index (κ3) is 5.93. The molecule has 0 bridgehead atoms. The first-order valence-corrected chi connectivity index (χ1v) is 11.3. The number of sulfonamides is 1. The minimum atomic E-state index is -3.76. The summed E-state index contributed by atoms with van der Waals surface area (Å²) < 4.78 is 37.9. The van der Waals surface area contributed by atoms with Crippen molar-refractivity contribution < 1.29 is 22.7 Å². The molecule has 1 aromatic carbocycles. The van der Waals surface area contributed by atoms with Crippen LogP contribution in [0.4, 0.5) is 0 Å². The third-order valence-corrected chi connectivity index (χ3v) is 6.73. The lowest BCUT2D eigenvalue weighted by atomic mass is 10.0. The molecule has 1 fully saturated rings. The van der Waals surface area contributed by atoms with E-state index in [-0.39, 0.29) is 35.7 Å². The van der Waals surface area contributed by atoms with E-state index < -0.39 is 10.0 Å². The summed E-state index contributed by atoms with van der Waals surface area (Å²) in [6.45, 7) is 7.61. The highest BCUT2D eigenvalue weighted by Crippen LogP contribution is 2.28. The molecule has 1 N–H and O–H groups in total. The fourth-order valence-corrected chi connectivity index (χ4v) is 4.75. The predicted molar refractivity (Wildman–Crippen MR) is 108 cm³/mol. The van der Waals surface area contributed by atoms with Gasteiger partial charge in [-0.25, -0.2) is 8.42 Å². The summed E-state index contributed by atoms with van der Waals surface area (Å²) in [5.41, 5.74) is 0.309.